The zero-order valence-electron chi connectivity index (χ0n) is 19.6. The Bertz CT molecular complexity index is 983. The Morgan fingerprint density at radius 1 is 1.19 bits per heavy atom. The number of benzene rings is 1. The van der Waals surface area contributed by atoms with Crippen LogP contribution in [-0.4, -0.2) is 61.8 Å². The molecule has 0 aliphatic carbocycles. The highest BCUT2D eigenvalue weighted by Crippen LogP contribution is 2.29. The normalized spacial score (nSPS) is 21.4. The van der Waals surface area contributed by atoms with E-state index >= 15 is 0 Å². The maximum absolute atomic E-state index is 12.3. The summed E-state index contributed by atoms with van der Waals surface area (Å²) in [5, 5.41) is 14.1. The first kappa shape index (κ1) is 22.5. The SMILES string of the molecule is Cc1cc(C)cc(Nc2ncc3c(n2)CN(C2CCN(C(=O)OC(C)(C)C)CC2O)C3)c1. The Morgan fingerprint density at radius 2 is 1.91 bits per heavy atom. The van der Waals surface area contributed by atoms with E-state index in [1.807, 2.05) is 27.0 Å². The van der Waals surface area contributed by atoms with Gasteiger partial charge >= 0.3 is 6.09 Å². The number of ether oxygens (including phenoxy) is 1. The van der Waals surface area contributed by atoms with E-state index < -0.39 is 11.7 Å². The van der Waals surface area contributed by atoms with Crippen LogP contribution in [-0.2, 0) is 17.8 Å². The number of carbonyl (C=O) groups excluding carboxylic acids is 1. The van der Waals surface area contributed by atoms with Crippen molar-refractivity contribution in [1.82, 2.24) is 19.8 Å². The minimum atomic E-state index is -0.633. The number of hydrogen-bond donors (Lipinski definition) is 2. The molecule has 32 heavy (non-hydrogen) atoms. The van der Waals surface area contributed by atoms with Crippen LogP contribution in [0.25, 0.3) is 0 Å². The standard InChI is InChI=1S/C24H33N5O3/c1-15-8-16(2)10-18(9-15)26-22-25-11-17-12-29(13-19(17)27-22)20-6-7-28(14-21(20)30)23(31)32-24(3,4)5/h8-11,20-21,30H,6-7,12-14H2,1-5H3,(H,25,26,27). The minimum absolute atomic E-state index is 0.0290. The van der Waals surface area contributed by atoms with Crippen molar-refractivity contribution in [2.24, 2.45) is 0 Å². The second-order valence-corrected chi connectivity index (χ2v) is 9.92. The van der Waals surface area contributed by atoms with Crippen LogP contribution < -0.4 is 5.32 Å². The van der Waals surface area contributed by atoms with E-state index in [9.17, 15) is 9.90 Å². The number of aromatic nitrogens is 2. The summed E-state index contributed by atoms with van der Waals surface area (Å²) in [5.74, 6) is 0.580. The Hall–Kier alpha value is -2.71. The largest absolute Gasteiger partial charge is 0.444 e. The van der Waals surface area contributed by atoms with E-state index in [1.165, 1.54) is 11.1 Å². The first-order valence-corrected chi connectivity index (χ1v) is 11.2. The molecule has 2 aliphatic rings. The third kappa shape index (κ3) is 5.19. The number of aliphatic hydroxyl groups excluding tert-OH is 1. The number of piperidine rings is 1. The van der Waals surface area contributed by atoms with Crippen LogP contribution in [0.1, 0.15) is 49.6 Å². The van der Waals surface area contributed by atoms with Gasteiger partial charge in [-0.2, -0.15) is 0 Å². The molecule has 0 saturated carbocycles. The van der Waals surface area contributed by atoms with Gasteiger partial charge in [-0.15, -0.1) is 0 Å². The first-order chi connectivity index (χ1) is 15.1. The average molecular weight is 440 g/mol. The highest BCUT2D eigenvalue weighted by Gasteiger charge is 2.38. The number of anilines is 2. The molecule has 2 atom stereocenters. The molecule has 1 aromatic heterocycles. The van der Waals surface area contributed by atoms with Crippen molar-refractivity contribution in [3.8, 4) is 0 Å². The zero-order valence-corrected chi connectivity index (χ0v) is 19.6. The summed E-state index contributed by atoms with van der Waals surface area (Å²) in [6.45, 7) is 11.9. The Kier molecular flexibility index (Phi) is 6.09. The molecule has 1 aromatic carbocycles. The lowest BCUT2D eigenvalue weighted by atomic mass is 10.0. The molecular weight excluding hydrogens is 406 g/mol. The van der Waals surface area contributed by atoms with Crippen molar-refractivity contribution >= 4 is 17.7 Å². The summed E-state index contributed by atoms with van der Waals surface area (Å²) >= 11 is 0. The molecule has 1 saturated heterocycles. The predicted molar refractivity (Wildman–Crippen MR) is 123 cm³/mol. The number of likely N-dealkylation sites (tertiary alicyclic amines) is 1. The molecule has 4 rings (SSSR count). The van der Waals surface area contributed by atoms with Crippen LogP contribution in [0.5, 0.6) is 0 Å². The molecule has 8 heteroatoms. The first-order valence-electron chi connectivity index (χ1n) is 11.2. The number of carbonyl (C=O) groups is 1. The van der Waals surface area contributed by atoms with Crippen LogP contribution >= 0.6 is 0 Å². The molecule has 2 aromatic rings. The summed E-state index contributed by atoms with van der Waals surface area (Å²) in [6.07, 6.45) is 1.56. The molecule has 8 nitrogen and oxygen atoms in total. The molecule has 0 spiro atoms. The number of rotatable bonds is 3. The highest BCUT2D eigenvalue weighted by molar-refractivity contribution is 5.68. The molecule has 0 bridgehead atoms. The number of aryl methyl sites for hydroxylation is 2. The number of β-amino-alcohol motifs (C(OH)–C–C–N with tert-alkyl or cyclic N) is 1. The van der Waals surface area contributed by atoms with Crippen LogP contribution in [0.2, 0.25) is 0 Å². The minimum Gasteiger partial charge on any atom is -0.444 e. The summed E-state index contributed by atoms with van der Waals surface area (Å²) in [4.78, 5) is 25.4. The number of nitrogens with zero attached hydrogens (tertiary/aromatic N) is 4. The number of amides is 1. The summed E-state index contributed by atoms with van der Waals surface area (Å²) < 4.78 is 5.45. The molecule has 0 radical (unpaired) electrons. The second-order valence-electron chi connectivity index (χ2n) is 9.92. The average Bonchev–Trinajstić information content (AvgIpc) is 3.08. The van der Waals surface area contributed by atoms with Gasteiger partial charge in [0.25, 0.3) is 0 Å². The topological polar surface area (TPSA) is 90.8 Å². The van der Waals surface area contributed by atoms with Crippen LogP contribution in [0.3, 0.4) is 0 Å². The maximum Gasteiger partial charge on any atom is 0.410 e. The fourth-order valence-corrected chi connectivity index (χ4v) is 4.49. The van der Waals surface area contributed by atoms with Crippen molar-refractivity contribution in [3.05, 3.63) is 46.8 Å². The van der Waals surface area contributed by atoms with E-state index in [2.05, 4.69) is 47.2 Å². The van der Waals surface area contributed by atoms with Gasteiger partial charge in [0.15, 0.2) is 0 Å². The predicted octanol–water partition coefficient (Wildman–Crippen LogP) is 3.52. The van der Waals surface area contributed by atoms with Gasteiger partial charge in [-0.25, -0.2) is 14.8 Å². The Morgan fingerprint density at radius 3 is 2.56 bits per heavy atom. The van der Waals surface area contributed by atoms with E-state index in [-0.39, 0.29) is 18.7 Å². The monoisotopic (exact) mass is 439 g/mol. The maximum atomic E-state index is 12.3. The Labute approximate surface area is 189 Å². The van der Waals surface area contributed by atoms with E-state index in [0.29, 0.717) is 32.0 Å². The zero-order chi connectivity index (χ0) is 23.0. The van der Waals surface area contributed by atoms with Crippen LogP contribution in [0.15, 0.2) is 24.4 Å². The third-order valence-corrected chi connectivity index (χ3v) is 5.83. The van der Waals surface area contributed by atoms with Crippen molar-refractivity contribution in [2.45, 2.75) is 71.9 Å². The van der Waals surface area contributed by atoms with Crippen molar-refractivity contribution in [2.75, 3.05) is 18.4 Å². The molecule has 2 aliphatic heterocycles. The number of fused-ring (bicyclic) bond motifs is 1. The summed E-state index contributed by atoms with van der Waals surface area (Å²) in [7, 11) is 0. The number of hydrogen-bond acceptors (Lipinski definition) is 7. The van der Waals surface area contributed by atoms with Gasteiger partial charge in [0, 0.05) is 43.1 Å². The molecule has 172 valence electrons. The van der Waals surface area contributed by atoms with Crippen molar-refractivity contribution < 1.29 is 14.6 Å². The highest BCUT2D eigenvalue weighted by atomic mass is 16.6. The van der Waals surface area contributed by atoms with E-state index in [4.69, 9.17) is 9.72 Å². The summed E-state index contributed by atoms with van der Waals surface area (Å²) in [5.41, 5.74) is 4.86. The summed E-state index contributed by atoms with van der Waals surface area (Å²) in [6, 6.07) is 6.25. The van der Waals surface area contributed by atoms with Gasteiger partial charge in [-0.3, -0.25) is 4.90 Å². The molecule has 1 fully saturated rings. The molecule has 2 N–H and O–H groups in total. The lowest BCUT2D eigenvalue weighted by molar-refractivity contribution is -0.0307. The van der Waals surface area contributed by atoms with Gasteiger partial charge in [0.05, 0.1) is 18.3 Å². The lowest BCUT2D eigenvalue weighted by Crippen LogP contribution is -2.54. The third-order valence-electron chi connectivity index (χ3n) is 5.83. The van der Waals surface area contributed by atoms with Gasteiger partial charge in [0.1, 0.15) is 5.60 Å². The van der Waals surface area contributed by atoms with Crippen molar-refractivity contribution in [3.63, 3.8) is 0 Å². The molecule has 2 unspecified atom stereocenters. The molecular formula is C24H33N5O3. The van der Waals surface area contributed by atoms with E-state index in [1.54, 1.807) is 4.90 Å². The van der Waals surface area contributed by atoms with Gasteiger partial charge < -0.3 is 20.1 Å². The lowest BCUT2D eigenvalue weighted by Gasteiger charge is -2.40. The van der Waals surface area contributed by atoms with E-state index in [0.717, 1.165) is 16.9 Å². The van der Waals surface area contributed by atoms with Crippen molar-refractivity contribution in [1.29, 1.82) is 0 Å². The Balaban J connectivity index is 1.38. The van der Waals surface area contributed by atoms with Crippen LogP contribution in [0.4, 0.5) is 16.4 Å². The fourth-order valence-electron chi connectivity index (χ4n) is 4.49. The molecule has 3 heterocycles. The van der Waals surface area contributed by atoms with Gasteiger partial charge in [-0.05, 0) is 64.3 Å². The second kappa shape index (κ2) is 8.67. The smallest absolute Gasteiger partial charge is 0.410 e. The number of aliphatic hydroxyl groups is 1. The van der Waals surface area contributed by atoms with Gasteiger partial charge in [-0.1, -0.05) is 6.07 Å². The number of nitrogens with one attached hydrogen (secondary N) is 1. The molecule has 1 amide bonds. The fraction of sp³-hybridized carbons (Fsp3) is 0.542. The van der Waals surface area contributed by atoms with Crippen LogP contribution in [0, 0.1) is 13.8 Å². The van der Waals surface area contributed by atoms with Gasteiger partial charge in [0.2, 0.25) is 5.95 Å². The quantitative estimate of drug-likeness (QED) is 0.756.